The number of hydrogen-bond donors (Lipinski definition) is 2. The van der Waals surface area contributed by atoms with Gasteiger partial charge in [-0.05, 0) is 36.8 Å². The van der Waals surface area contributed by atoms with Crippen LogP contribution in [0.5, 0.6) is 5.75 Å². The third kappa shape index (κ3) is 4.33. The van der Waals surface area contributed by atoms with Crippen LogP contribution < -0.4 is 10.1 Å². The van der Waals surface area contributed by atoms with E-state index in [0.717, 1.165) is 33.2 Å². The molecule has 4 aromatic rings. The molecule has 186 valence electrons. The van der Waals surface area contributed by atoms with Gasteiger partial charge in [0.15, 0.2) is 0 Å². The molecule has 0 radical (unpaired) electrons. The van der Waals surface area contributed by atoms with Crippen LogP contribution in [0.4, 0.5) is 14.5 Å². The van der Waals surface area contributed by atoms with Crippen molar-refractivity contribution in [1.82, 2.24) is 19.7 Å². The number of rotatable bonds is 6. The van der Waals surface area contributed by atoms with E-state index in [1.807, 2.05) is 37.5 Å². The summed E-state index contributed by atoms with van der Waals surface area (Å²) in [6.45, 7) is 2.38. The second kappa shape index (κ2) is 9.15. The lowest BCUT2D eigenvalue weighted by Crippen LogP contribution is -2.44. The minimum absolute atomic E-state index is 0.0173. The number of nitriles is 1. The van der Waals surface area contributed by atoms with E-state index in [9.17, 15) is 18.8 Å². The molecule has 1 saturated heterocycles. The smallest absolute Gasteiger partial charge is 0.251 e. The van der Waals surface area contributed by atoms with E-state index in [1.54, 1.807) is 17.9 Å². The number of aromatic amines is 1. The number of amides is 1. The van der Waals surface area contributed by atoms with Crippen molar-refractivity contribution in [2.24, 2.45) is 0 Å². The number of hydrogen-bond acceptors (Lipinski definition) is 5. The number of likely N-dealkylation sites (tertiary alicyclic amines) is 1. The number of benzene rings is 2. The number of H-pyrrole nitrogens is 1. The van der Waals surface area contributed by atoms with Crippen LogP contribution in [0.25, 0.3) is 21.8 Å². The summed E-state index contributed by atoms with van der Waals surface area (Å²) in [5.41, 5.74) is 4.44. The molecule has 0 bridgehead atoms. The summed E-state index contributed by atoms with van der Waals surface area (Å²) in [5, 5.41) is 19.3. The third-order valence-corrected chi connectivity index (χ3v) is 6.76. The second-order valence-electron chi connectivity index (χ2n) is 9.10. The zero-order valence-corrected chi connectivity index (χ0v) is 20.1. The maximum atomic E-state index is 13.4. The normalized spacial score (nSPS) is 15.2. The van der Waals surface area contributed by atoms with Crippen LogP contribution in [-0.2, 0) is 11.3 Å². The van der Waals surface area contributed by atoms with Crippen LogP contribution in [0.3, 0.4) is 0 Å². The molecule has 1 amide bonds. The lowest BCUT2D eigenvalue weighted by atomic mass is 10.0. The molecule has 0 atom stereocenters. The summed E-state index contributed by atoms with van der Waals surface area (Å²) in [7, 11) is 1.64. The van der Waals surface area contributed by atoms with Gasteiger partial charge in [0, 0.05) is 60.2 Å². The Morgan fingerprint density at radius 2 is 2.08 bits per heavy atom. The van der Waals surface area contributed by atoms with Crippen molar-refractivity contribution in [3.63, 3.8) is 0 Å². The minimum Gasteiger partial charge on any atom is -0.496 e. The van der Waals surface area contributed by atoms with Crippen LogP contribution in [0, 0.1) is 18.3 Å². The standard InChI is InChI=1S/C26H26F2N6O2/c1-16-11-21(36-2)20(19-5-8-30-23(16)19)15-34-14-18-4-3-17(12-29)24(25(18)32-34)31-13-22(35)33-9-6-26(27,28)7-10-33/h3-5,8,11,14,30-31H,6-7,9-10,13,15H2,1-2H3. The summed E-state index contributed by atoms with van der Waals surface area (Å²) >= 11 is 0. The monoisotopic (exact) mass is 492 g/mol. The van der Waals surface area contributed by atoms with E-state index in [4.69, 9.17) is 9.84 Å². The second-order valence-corrected chi connectivity index (χ2v) is 9.10. The number of carbonyl (C=O) groups is 1. The van der Waals surface area contributed by atoms with Crippen molar-refractivity contribution in [1.29, 1.82) is 5.26 Å². The van der Waals surface area contributed by atoms with Crippen molar-refractivity contribution in [2.75, 3.05) is 32.1 Å². The Balaban J connectivity index is 1.42. The number of carbonyl (C=O) groups excluding carboxylic acids is 1. The van der Waals surface area contributed by atoms with Crippen molar-refractivity contribution in [3.8, 4) is 11.8 Å². The van der Waals surface area contributed by atoms with Gasteiger partial charge in [0.1, 0.15) is 17.3 Å². The molecule has 2 aromatic carbocycles. The molecule has 1 aliphatic rings. The molecule has 2 aromatic heterocycles. The van der Waals surface area contributed by atoms with Gasteiger partial charge in [-0.25, -0.2) is 8.78 Å². The van der Waals surface area contributed by atoms with Crippen molar-refractivity contribution in [2.45, 2.75) is 32.2 Å². The van der Waals surface area contributed by atoms with E-state index in [2.05, 4.69) is 16.4 Å². The topological polar surface area (TPSA) is 99.0 Å². The highest BCUT2D eigenvalue weighted by molar-refractivity contribution is 5.95. The maximum Gasteiger partial charge on any atom is 0.251 e. The Bertz CT molecular complexity index is 1490. The van der Waals surface area contributed by atoms with Gasteiger partial charge in [-0.3, -0.25) is 9.48 Å². The highest BCUT2D eigenvalue weighted by Gasteiger charge is 2.35. The number of alkyl halides is 2. The predicted octanol–water partition coefficient (Wildman–Crippen LogP) is 4.42. The average molecular weight is 493 g/mol. The minimum atomic E-state index is -2.72. The first-order valence-electron chi connectivity index (χ1n) is 11.7. The van der Waals surface area contributed by atoms with Crippen molar-refractivity contribution >= 4 is 33.4 Å². The van der Waals surface area contributed by atoms with Crippen LogP contribution in [0.1, 0.15) is 29.5 Å². The summed E-state index contributed by atoms with van der Waals surface area (Å²) < 4.78 is 34.3. The number of aromatic nitrogens is 3. The molecule has 8 nitrogen and oxygen atoms in total. The number of aryl methyl sites for hydroxylation is 1. The number of piperidine rings is 1. The number of nitrogens with one attached hydrogen (secondary N) is 2. The molecule has 1 fully saturated rings. The number of nitrogens with zero attached hydrogens (tertiary/aromatic N) is 4. The van der Waals surface area contributed by atoms with Crippen molar-refractivity contribution in [3.05, 3.63) is 53.3 Å². The number of anilines is 1. The highest BCUT2D eigenvalue weighted by Crippen LogP contribution is 2.33. The summed E-state index contributed by atoms with van der Waals surface area (Å²) in [6.07, 6.45) is 3.11. The number of methoxy groups -OCH3 is 1. The molecule has 0 unspecified atom stereocenters. The van der Waals surface area contributed by atoms with Crippen LogP contribution in [0.2, 0.25) is 0 Å². The first-order chi connectivity index (χ1) is 17.3. The number of ether oxygens (including phenoxy) is 1. The molecular formula is C26H26F2N6O2. The first-order valence-corrected chi connectivity index (χ1v) is 11.7. The number of fused-ring (bicyclic) bond motifs is 2. The van der Waals surface area contributed by atoms with Gasteiger partial charge in [0.25, 0.3) is 5.92 Å². The van der Waals surface area contributed by atoms with Crippen LogP contribution in [0.15, 0.2) is 36.7 Å². The molecule has 0 aliphatic carbocycles. The zero-order valence-electron chi connectivity index (χ0n) is 20.1. The molecule has 0 saturated carbocycles. The molecular weight excluding hydrogens is 466 g/mol. The Morgan fingerprint density at radius 3 is 2.81 bits per heavy atom. The summed E-state index contributed by atoms with van der Waals surface area (Å²) in [6, 6.07) is 9.63. The Morgan fingerprint density at radius 1 is 1.31 bits per heavy atom. The Labute approximate surface area is 206 Å². The van der Waals surface area contributed by atoms with Gasteiger partial charge < -0.3 is 19.9 Å². The molecule has 10 heteroatoms. The fraction of sp³-hybridized carbons (Fsp3) is 0.346. The molecule has 36 heavy (non-hydrogen) atoms. The largest absolute Gasteiger partial charge is 0.496 e. The SMILES string of the molecule is COc1cc(C)c2[nH]ccc2c1Cn1cc2ccc(C#N)c(NCC(=O)N3CCC(F)(F)CC3)c2n1. The van der Waals surface area contributed by atoms with Gasteiger partial charge >= 0.3 is 0 Å². The summed E-state index contributed by atoms with van der Waals surface area (Å²) in [4.78, 5) is 17.4. The summed E-state index contributed by atoms with van der Waals surface area (Å²) in [5.74, 6) is -2.25. The van der Waals surface area contributed by atoms with E-state index < -0.39 is 5.92 Å². The molecule has 0 spiro atoms. The maximum absolute atomic E-state index is 13.4. The van der Waals surface area contributed by atoms with Gasteiger partial charge in [-0.15, -0.1) is 0 Å². The van der Waals surface area contributed by atoms with E-state index in [0.29, 0.717) is 23.3 Å². The van der Waals surface area contributed by atoms with E-state index in [-0.39, 0.29) is 38.4 Å². The number of halogens is 2. The van der Waals surface area contributed by atoms with Gasteiger partial charge in [-0.1, -0.05) is 0 Å². The molecule has 1 aliphatic heterocycles. The fourth-order valence-corrected chi connectivity index (χ4v) is 4.79. The quantitative estimate of drug-likeness (QED) is 0.415. The van der Waals surface area contributed by atoms with Crippen LogP contribution in [-0.4, -0.2) is 58.2 Å². The highest BCUT2D eigenvalue weighted by atomic mass is 19.3. The lowest BCUT2D eigenvalue weighted by molar-refractivity contribution is -0.135. The van der Waals surface area contributed by atoms with E-state index >= 15 is 0 Å². The van der Waals surface area contributed by atoms with Gasteiger partial charge in [-0.2, -0.15) is 10.4 Å². The molecule has 3 heterocycles. The molecule has 5 rings (SSSR count). The predicted molar refractivity (Wildman–Crippen MR) is 132 cm³/mol. The van der Waals surface area contributed by atoms with Crippen molar-refractivity contribution < 1.29 is 18.3 Å². The first kappa shape index (κ1) is 23.6. The lowest BCUT2D eigenvalue weighted by Gasteiger charge is -2.31. The average Bonchev–Trinajstić information content (AvgIpc) is 3.51. The zero-order chi connectivity index (χ0) is 25.4. The molecule has 2 N–H and O–H groups in total. The third-order valence-electron chi connectivity index (χ3n) is 6.76. The Hall–Kier alpha value is -4.13. The van der Waals surface area contributed by atoms with Gasteiger partial charge in [0.05, 0.1) is 31.5 Å². The van der Waals surface area contributed by atoms with E-state index in [1.165, 1.54) is 4.90 Å². The Kier molecular flexibility index (Phi) is 6.00. The van der Waals surface area contributed by atoms with Gasteiger partial charge in [0.2, 0.25) is 5.91 Å². The fourth-order valence-electron chi connectivity index (χ4n) is 4.79. The van der Waals surface area contributed by atoms with Crippen LogP contribution >= 0.6 is 0 Å².